The second-order valence-electron chi connectivity index (χ2n) is 3.55. The van der Waals surface area contributed by atoms with Crippen molar-refractivity contribution in [3.05, 3.63) is 39.3 Å². The Hall–Kier alpha value is -0.710. The maximum Gasteiger partial charge on any atom is 0.196 e. The molecule has 5 heteroatoms. The molecule has 1 aromatic carbocycles. The van der Waals surface area contributed by atoms with Crippen molar-refractivity contribution >= 4 is 44.7 Å². The average Bonchev–Trinajstić information content (AvgIpc) is 2.77. The number of carbonyl (C=O) groups is 1. The van der Waals surface area contributed by atoms with Crippen molar-refractivity contribution in [2.24, 2.45) is 0 Å². The predicted octanol–water partition coefficient (Wildman–Crippen LogP) is 4.30. The van der Waals surface area contributed by atoms with Crippen LogP contribution in [0.5, 0.6) is 0 Å². The van der Waals surface area contributed by atoms with Crippen molar-refractivity contribution in [3.8, 4) is 10.6 Å². The molecule has 0 unspecified atom stereocenters. The van der Waals surface area contributed by atoms with E-state index in [0.29, 0.717) is 5.69 Å². The van der Waals surface area contributed by atoms with Crippen LogP contribution in [0.3, 0.4) is 0 Å². The number of Topliss-reactive ketones (excluding diaryl/α,β-unsaturated/α-hetero) is 1. The molecule has 0 amide bonds. The van der Waals surface area contributed by atoms with Gasteiger partial charge in [0, 0.05) is 15.4 Å². The first-order valence-corrected chi connectivity index (χ1v) is 7.13. The summed E-state index contributed by atoms with van der Waals surface area (Å²) in [6.07, 6.45) is 0. The Bertz CT molecular complexity index is 567. The van der Waals surface area contributed by atoms with Crippen LogP contribution >= 0.6 is 38.9 Å². The fourth-order valence-corrected chi connectivity index (χ4v) is 2.99. The zero-order chi connectivity index (χ0) is 12.4. The van der Waals surface area contributed by atoms with E-state index in [1.54, 1.807) is 5.38 Å². The summed E-state index contributed by atoms with van der Waals surface area (Å²) in [5.74, 6) is -0.161. The number of benzene rings is 1. The summed E-state index contributed by atoms with van der Waals surface area (Å²) in [7, 11) is 0. The maximum atomic E-state index is 11.4. The van der Waals surface area contributed by atoms with Crippen molar-refractivity contribution in [1.82, 2.24) is 4.98 Å². The number of hydrogen-bond acceptors (Lipinski definition) is 3. The Morgan fingerprint density at radius 1 is 1.53 bits per heavy atom. The molecule has 2 aromatic rings. The van der Waals surface area contributed by atoms with Gasteiger partial charge >= 0.3 is 0 Å². The van der Waals surface area contributed by atoms with Crippen LogP contribution in [-0.2, 0) is 0 Å². The van der Waals surface area contributed by atoms with Gasteiger partial charge in [0.05, 0.1) is 5.88 Å². The molecule has 1 aromatic heterocycles. The fourth-order valence-electron chi connectivity index (χ4n) is 1.46. The summed E-state index contributed by atoms with van der Waals surface area (Å²) < 4.78 is 1.03. The first-order chi connectivity index (χ1) is 8.11. The van der Waals surface area contributed by atoms with Crippen LogP contribution in [-0.4, -0.2) is 16.6 Å². The lowest BCUT2D eigenvalue weighted by molar-refractivity contribution is 0.101. The number of ketones is 1. The minimum absolute atomic E-state index is 0.0253. The van der Waals surface area contributed by atoms with Crippen molar-refractivity contribution < 1.29 is 4.79 Å². The Labute approximate surface area is 117 Å². The van der Waals surface area contributed by atoms with Gasteiger partial charge in [-0.25, -0.2) is 4.98 Å². The van der Waals surface area contributed by atoms with Crippen LogP contribution in [0.2, 0.25) is 0 Å². The molecule has 0 N–H and O–H groups in total. The third kappa shape index (κ3) is 2.76. The van der Waals surface area contributed by atoms with E-state index < -0.39 is 0 Å². The van der Waals surface area contributed by atoms with Crippen molar-refractivity contribution in [2.45, 2.75) is 6.92 Å². The molecular formula is C12H9BrClNOS. The van der Waals surface area contributed by atoms with E-state index in [2.05, 4.69) is 20.9 Å². The molecule has 1 heterocycles. The fraction of sp³-hybridized carbons (Fsp3) is 0.167. The first-order valence-electron chi connectivity index (χ1n) is 4.93. The van der Waals surface area contributed by atoms with Gasteiger partial charge in [0.1, 0.15) is 10.7 Å². The Morgan fingerprint density at radius 2 is 2.29 bits per heavy atom. The van der Waals surface area contributed by atoms with Gasteiger partial charge in [-0.3, -0.25) is 4.79 Å². The molecule has 0 aliphatic heterocycles. The molecule has 17 heavy (non-hydrogen) atoms. The van der Waals surface area contributed by atoms with E-state index in [1.165, 1.54) is 11.3 Å². The number of hydrogen-bond donors (Lipinski definition) is 0. The largest absolute Gasteiger partial charge is 0.291 e. The zero-order valence-electron chi connectivity index (χ0n) is 9.04. The molecule has 88 valence electrons. The summed E-state index contributed by atoms with van der Waals surface area (Å²) >= 11 is 10.4. The van der Waals surface area contributed by atoms with E-state index in [-0.39, 0.29) is 11.7 Å². The summed E-state index contributed by atoms with van der Waals surface area (Å²) in [4.78, 5) is 15.7. The van der Waals surface area contributed by atoms with Crippen LogP contribution in [0.15, 0.2) is 28.1 Å². The molecule has 2 nitrogen and oxygen atoms in total. The normalized spacial score (nSPS) is 10.5. The number of alkyl halides is 1. The van der Waals surface area contributed by atoms with E-state index in [1.807, 2.05) is 25.1 Å². The highest BCUT2D eigenvalue weighted by molar-refractivity contribution is 9.10. The van der Waals surface area contributed by atoms with Gasteiger partial charge in [-0.05, 0) is 24.6 Å². The van der Waals surface area contributed by atoms with Crippen molar-refractivity contribution in [3.63, 3.8) is 0 Å². The van der Waals surface area contributed by atoms with Crippen molar-refractivity contribution in [1.29, 1.82) is 0 Å². The van der Waals surface area contributed by atoms with Crippen LogP contribution in [0, 0.1) is 6.92 Å². The second kappa shape index (κ2) is 5.29. The molecule has 0 bridgehead atoms. The lowest BCUT2D eigenvalue weighted by Crippen LogP contribution is -2.00. The number of aromatic nitrogens is 1. The Kier molecular flexibility index (Phi) is 3.97. The summed E-state index contributed by atoms with van der Waals surface area (Å²) in [6.45, 7) is 2.02. The lowest BCUT2D eigenvalue weighted by atomic mass is 10.1. The number of thiazole rings is 1. The molecule has 0 fully saturated rings. The number of rotatable bonds is 3. The standard InChI is InChI=1S/C12H9BrClNOS/c1-7-4-8(13)2-3-9(7)12-15-10(6-17-12)11(16)5-14/h2-4,6H,5H2,1H3. The molecule has 0 radical (unpaired) electrons. The molecule has 0 aliphatic carbocycles. The molecule has 0 spiro atoms. The minimum Gasteiger partial charge on any atom is -0.291 e. The van der Waals surface area contributed by atoms with Crippen LogP contribution in [0.25, 0.3) is 10.6 Å². The monoisotopic (exact) mass is 329 g/mol. The predicted molar refractivity (Wildman–Crippen MR) is 75.0 cm³/mol. The number of nitrogens with zero attached hydrogens (tertiary/aromatic N) is 1. The maximum absolute atomic E-state index is 11.4. The number of carbonyl (C=O) groups excluding carboxylic acids is 1. The van der Waals surface area contributed by atoms with Crippen molar-refractivity contribution in [2.75, 3.05) is 5.88 Å². The van der Waals surface area contributed by atoms with Crippen LogP contribution in [0.1, 0.15) is 16.1 Å². The molecular weight excluding hydrogens is 322 g/mol. The minimum atomic E-state index is -0.135. The van der Waals surface area contributed by atoms with Crippen LogP contribution in [0.4, 0.5) is 0 Å². The molecule has 0 saturated heterocycles. The highest BCUT2D eigenvalue weighted by Gasteiger charge is 2.12. The third-order valence-electron chi connectivity index (χ3n) is 2.33. The van der Waals surface area contributed by atoms with Gasteiger partial charge in [-0.1, -0.05) is 22.0 Å². The van der Waals surface area contributed by atoms with Gasteiger partial charge in [0.2, 0.25) is 0 Å². The van der Waals surface area contributed by atoms with Gasteiger partial charge in [-0.2, -0.15) is 0 Å². The molecule has 0 aliphatic rings. The quantitative estimate of drug-likeness (QED) is 0.620. The third-order valence-corrected chi connectivity index (χ3v) is 3.94. The SMILES string of the molecule is Cc1cc(Br)ccc1-c1nc(C(=O)CCl)cs1. The zero-order valence-corrected chi connectivity index (χ0v) is 12.2. The second-order valence-corrected chi connectivity index (χ2v) is 5.59. The van der Waals surface area contributed by atoms with Crippen LogP contribution < -0.4 is 0 Å². The molecule has 0 atom stereocenters. The van der Waals surface area contributed by atoms with Gasteiger partial charge < -0.3 is 0 Å². The van der Waals surface area contributed by atoms with Gasteiger partial charge in [0.15, 0.2) is 5.78 Å². The summed E-state index contributed by atoms with van der Waals surface area (Å²) in [5.41, 5.74) is 2.62. The smallest absolute Gasteiger partial charge is 0.196 e. The number of aryl methyl sites for hydroxylation is 1. The van der Waals surface area contributed by atoms with E-state index in [4.69, 9.17) is 11.6 Å². The number of halogens is 2. The van der Waals surface area contributed by atoms with Gasteiger partial charge in [0.25, 0.3) is 0 Å². The van der Waals surface area contributed by atoms with E-state index >= 15 is 0 Å². The average molecular weight is 331 g/mol. The van der Waals surface area contributed by atoms with E-state index in [9.17, 15) is 4.79 Å². The summed E-state index contributed by atoms with van der Waals surface area (Å²) in [5, 5.41) is 2.60. The Balaban J connectivity index is 2.40. The summed E-state index contributed by atoms with van der Waals surface area (Å²) in [6, 6.07) is 5.99. The Morgan fingerprint density at radius 3 is 2.94 bits per heavy atom. The van der Waals surface area contributed by atoms with E-state index in [0.717, 1.165) is 20.6 Å². The highest BCUT2D eigenvalue weighted by Crippen LogP contribution is 2.28. The highest BCUT2D eigenvalue weighted by atomic mass is 79.9. The molecule has 0 saturated carbocycles. The van der Waals surface area contributed by atoms with Gasteiger partial charge in [-0.15, -0.1) is 22.9 Å². The lowest BCUT2D eigenvalue weighted by Gasteiger charge is -2.02. The topological polar surface area (TPSA) is 30.0 Å². The first kappa shape index (κ1) is 12.7. The molecule has 2 rings (SSSR count).